The van der Waals surface area contributed by atoms with Crippen molar-refractivity contribution in [2.45, 2.75) is 6.92 Å². The van der Waals surface area contributed by atoms with Crippen molar-refractivity contribution in [1.29, 1.82) is 0 Å². The quantitative estimate of drug-likeness (QED) is 0.639. The number of hydrogen-bond donors (Lipinski definition) is 3. The zero-order valence-corrected chi connectivity index (χ0v) is 9.69. The number of fused-ring (bicyclic) bond motifs is 1. The summed E-state index contributed by atoms with van der Waals surface area (Å²) in [6.07, 6.45) is 1.34. The van der Waals surface area contributed by atoms with Gasteiger partial charge in [0.05, 0.1) is 0 Å². The number of carbonyl (C=O) groups is 1. The van der Waals surface area contributed by atoms with Crippen LogP contribution in [0.1, 0.15) is 16.1 Å². The van der Waals surface area contributed by atoms with Crippen molar-refractivity contribution in [3.05, 3.63) is 41.9 Å². The smallest absolute Gasteiger partial charge is 0.274 e. The van der Waals surface area contributed by atoms with Gasteiger partial charge in [-0.05, 0) is 24.6 Å². The Labute approximate surface area is 102 Å². The van der Waals surface area contributed by atoms with E-state index in [9.17, 15) is 4.79 Å². The molecular formula is C12H11N5O. The van der Waals surface area contributed by atoms with Crippen LogP contribution in [0.4, 0.5) is 5.95 Å². The van der Waals surface area contributed by atoms with Crippen molar-refractivity contribution >= 4 is 22.8 Å². The average Bonchev–Trinajstić information content (AvgIpc) is 2.96. The molecule has 18 heavy (non-hydrogen) atoms. The van der Waals surface area contributed by atoms with Gasteiger partial charge in [0.25, 0.3) is 5.91 Å². The van der Waals surface area contributed by atoms with Crippen LogP contribution in [0.25, 0.3) is 10.9 Å². The number of rotatable bonds is 2. The molecule has 0 aliphatic carbocycles. The van der Waals surface area contributed by atoms with E-state index in [1.807, 2.05) is 25.1 Å². The number of aryl methyl sites for hydroxylation is 1. The zero-order chi connectivity index (χ0) is 12.5. The SMILES string of the molecule is Cc1ccc2cc(C(=O)Nc3ncn[nH]3)[nH]c2c1. The second-order valence-electron chi connectivity index (χ2n) is 4.06. The van der Waals surface area contributed by atoms with Crippen molar-refractivity contribution in [2.75, 3.05) is 5.32 Å². The highest BCUT2D eigenvalue weighted by Gasteiger charge is 2.10. The molecule has 0 bridgehead atoms. The molecule has 3 rings (SSSR count). The van der Waals surface area contributed by atoms with Gasteiger partial charge in [0.1, 0.15) is 12.0 Å². The molecule has 0 unspecified atom stereocenters. The molecule has 0 spiro atoms. The standard InChI is InChI=1S/C12H11N5O/c1-7-2-3-8-5-10(15-9(8)4-7)11(18)16-12-13-6-14-17-12/h2-6,15H,1H3,(H2,13,14,16,17,18). The van der Waals surface area contributed by atoms with Gasteiger partial charge in [-0.25, -0.2) is 5.10 Å². The fourth-order valence-electron chi connectivity index (χ4n) is 1.80. The molecule has 1 amide bonds. The zero-order valence-electron chi connectivity index (χ0n) is 9.69. The topological polar surface area (TPSA) is 86.5 Å². The maximum absolute atomic E-state index is 11.9. The summed E-state index contributed by atoms with van der Waals surface area (Å²) < 4.78 is 0. The van der Waals surface area contributed by atoms with E-state index in [-0.39, 0.29) is 5.91 Å². The van der Waals surface area contributed by atoms with Crippen LogP contribution in [0.15, 0.2) is 30.6 Å². The molecule has 0 aliphatic heterocycles. The van der Waals surface area contributed by atoms with Crippen LogP contribution in [0.3, 0.4) is 0 Å². The van der Waals surface area contributed by atoms with Crippen molar-refractivity contribution < 1.29 is 4.79 Å². The molecule has 3 aromatic rings. The monoisotopic (exact) mass is 241 g/mol. The molecule has 3 N–H and O–H groups in total. The average molecular weight is 241 g/mol. The second kappa shape index (κ2) is 3.99. The minimum Gasteiger partial charge on any atom is -0.351 e. The molecule has 2 heterocycles. The molecule has 0 saturated heterocycles. The molecule has 2 aromatic heterocycles. The Bertz CT molecular complexity index is 698. The number of carbonyl (C=O) groups excluding carboxylic acids is 1. The molecule has 6 heteroatoms. The molecule has 0 atom stereocenters. The fourth-order valence-corrected chi connectivity index (χ4v) is 1.80. The largest absolute Gasteiger partial charge is 0.351 e. The van der Waals surface area contributed by atoms with Crippen LogP contribution < -0.4 is 5.32 Å². The number of aromatic amines is 2. The number of H-pyrrole nitrogens is 2. The number of anilines is 1. The van der Waals surface area contributed by atoms with Crippen molar-refractivity contribution in [1.82, 2.24) is 20.2 Å². The van der Waals surface area contributed by atoms with Gasteiger partial charge in [0, 0.05) is 10.9 Å². The Hall–Kier alpha value is -2.63. The van der Waals surface area contributed by atoms with Crippen LogP contribution in [0.5, 0.6) is 0 Å². The Balaban J connectivity index is 1.92. The molecule has 90 valence electrons. The van der Waals surface area contributed by atoms with Gasteiger partial charge in [-0.15, -0.1) is 0 Å². The summed E-state index contributed by atoms with van der Waals surface area (Å²) >= 11 is 0. The predicted octanol–water partition coefficient (Wildman–Crippen LogP) is 1.85. The number of nitrogens with one attached hydrogen (secondary N) is 3. The third kappa shape index (κ3) is 1.84. The summed E-state index contributed by atoms with van der Waals surface area (Å²) in [7, 11) is 0. The minimum atomic E-state index is -0.249. The molecule has 0 fully saturated rings. The van der Waals surface area contributed by atoms with E-state index in [4.69, 9.17) is 0 Å². The maximum atomic E-state index is 11.9. The second-order valence-corrected chi connectivity index (χ2v) is 4.06. The number of amides is 1. The maximum Gasteiger partial charge on any atom is 0.274 e. The molecule has 0 saturated carbocycles. The summed E-state index contributed by atoms with van der Waals surface area (Å²) in [5, 5.41) is 9.85. The van der Waals surface area contributed by atoms with Crippen molar-refractivity contribution in [2.24, 2.45) is 0 Å². The van der Waals surface area contributed by atoms with E-state index in [0.29, 0.717) is 11.6 Å². The van der Waals surface area contributed by atoms with Gasteiger partial charge in [-0.2, -0.15) is 10.1 Å². The van der Waals surface area contributed by atoms with E-state index in [1.54, 1.807) is 6.07 Å². The molecule has 1 aromatic carbocycles. The number of benzene rings is 1. The van der Waals surface area contributed by atoms with Gasteiger partial charge < -0.3 is 4.98 Å². The first-order valence-corrected chi connectivity index (χ1v) is 5.48. The highest BCUT2D eigenvalue weighted by Crippen LogP contribution is 2.17. The molecule has 6 nitrogen and oxygen atoms in total. The van der Waals surface area contributed by atoms with Crippen LogP contribution in [0, 0.1) is 6.92 Å². The third-order valence-corrected chi connectivity index (χ3v) is 2.67. The normalized spacial score (nSPS) is 10.7. The van der Waals surface area contributed by atoms with E-state index < -0.39 is 0 Å². The first kappa shape index (κ1) is 10.5. The number of nitrogens with zero attached hydrogens (tertiary/aromatic N) is 2. The molecule has 0 radical (unpaired) electrons. The Morgan fingerprint density at radius 1 is 1.33 bits per heavy atom. The number of hydrogen-bond acceptors (Lipinski definition) is 3. The summed E-state index contributed by atoms with van der Waals surface area (Å²) in [4.78, 5) is 18.8. The Morgan fingerprint density at radius 3 is 3.00 bits per heavy atom. The lowest BCUT2D eigenvalue weighted by atomic mass is 10.2. The Kier molecular flexibility index (Phi) is 2.33. The van der Waals surface area contributed by atoms with Gasteiger partial charge in [-0.3, -0.25) is 10.1 Å². The summed E-state index contributed by atoms with van der Waals surface area (Å²) in [6.45, 7) is 2.01. The lowest BCUT2D eigenvalue weighted by molar-refractivity contribution is 0.102. The van der Waals surface area contributed by atoms with Crippen molar-refractivity contribution in [3.8, 4) is 0 Å². The van der Waals surface area contributed by atoms with Gasteiger partial charge in [0.15, 0.2) is 0 Å². The minimum absolute atomic E-state index is 0.249. The van der Waals surface area contributed by atoms with Gasteiger partial charge in [0.2, 0.25) is 5.95 Å². The van der Waals surface area contributed by atoms with Crippen LogP contribution in [0.2, 0.25) is 0 Å². The number of aromatic nitrogens is 4. The molecule has 0 aliphatic rings. The van der Waals surface area contributed by atoms with E-state index in [1.165, 1.54) is 6.33 Å². The third-order valence-electron chi connectivity index (χ3n) is 2.67. The highest BCUT2D eigenvalue weighted by atomic mass is 16.2. The van der Waals surface area contributed by atoms with Gasteiger partial charge in [-0.1, -0.05) is 12.1 Å². The van der Waals surface area contributed by atoms with Crippen LogP contribution in [-0.4, -0.2) is 26.1 Å². The van der Waals surface area contributed by atoms with Gasteiger partial charge >= 0.3 is 0 Å². The predicted molar refractivity (Wildman–Crippen MR) is 67.4 cm³/mol. The summed E-state index contributed by atoms with van der Waals surface area (Å²) in [5.74, 6) is 0.0791. The first-order valence-electron chi connectivity index (χ1n) is 5.48. The van der Waals surface area contributed by atoms with Crippen molar-refractivity contribution in [3.63, 3.8) is 0 Å². The van der Waals surface area contributed by atoms with Crippen LogP contribution in [-0.2, 0) is 0 Å². The summed E-state index contributed by atoms with van der Waals surface area (Å²) in [5.41, 5.74) is 2.58. The van der Waals surface area contributed by atoms with E-state index >= 15 is 0 Å². The lowest BCUT2D eigenvalue weighted by Crippen LogP contribution is -2.13. The lowest BCUT2D eigenvalue weighted by Gasteiger charge is -1.97. The van der Waals surface area contributed by atoms with E-state index in [2.05, 4.69) is 25.5 Å². The highest BCUT2D eigenvalue weighted by molar-refractivity contribution is 6.05. The first-order chi connectivity index (χ1) is 8.72. The Morgan fingerprint density at radius 2 is 2.22 bits per heavy atom. The van der Waals surface area contributed by atoms with Crippen LogP contribution >= 0.6 is 0 Å². The summed E-state index contributed by atoms with van der Waals surface area (Å²) in [6, 6.07) is 7.79. The fraction of sp³-hybridized carbons (Fsp3) is 0.0833. The molecular weight excluding hydrogens is 230 g/mol. The van der Waals surface area contributed by atoms with E-state index in [0.717, 1.165) is 16.5 Å².